The highest BCUT2D eigenvalue weighted by Gasteiger charge is 2.29. The van der Waals surface area contributed by atoms with Gasteiger partial charge in [-0.25, -0.2) is 8.78 Å². The molecule has 2 rings (SSSR count). The standard InChI is InChI=1S/C10H11F2NO/c11-6-1-2-8(7(12)5-6)13-9-3-4-10(9)14/h1-2,5,9-10,13-14H,3-4H2. The molecule has 0 bridgehead atoms. The molecule has 1 aromatic carbocycles. The van der Waals surface area contributed by atoms with Crippen LogP contribution in [0.5, 0.6) is 0 Å². The Balaban J connectivity index is 2.09. The summed E-state index contributed by atoms with van der Waals surface area (Å²) in [6, 6.07) is 3.26. The minimum Gasteiger partial charge on any atom is -0.391 e. The molecule has 14 heavy (non-hydrogen) atoms. The lowest BCUT2D eigenvalue weighted by molar-refractivity contribution is 0.0784. The number of anilines is 1. The molecule has 0 heterocycles. The largest absolute Gasteiger partial charge is 0.391 e. The molecule has 1 saturated carbocycles. The zero-order chi connectivity index (χ0) is 10.1. The third-order valence-electron chi connectivity index (χ3n) is 2.51. The van der Waals surface area contributed by atoms with Crippen LogP contribution in [0.25, 0.3) is 0 Å². The summed E-state index contributed by atoms with van der Waals surface area (Å²) in [7, 11) is 0. The van der Waals surface area contributed by atoms with Crippen molar-refractivity contribution < 1.29 is 13.9 Å². The quantitative estimate of drug-likeness (QED) is 0.762. The Labute approximate surface area is 80.6 Å². The zero-order valence-electron chi connectivity index (χ0n) is 7.50. The molecule has 2 unspecified atom stereocenters. The lowest BCUT2D eigenvalue weighted by Gasteiger charge is -2.33. The first-order chi connectivity index (χ1) is 6.66. The summed E-state index contributed by atoms with van der Waals surface area (Å²) in [5.74, 6) is -1.22. The molecular formula is C10H11F2NO. The molecule has 0 radical (unpaired) electrons. The molecule has 1 aliphatic rings. The third-order valence-corrected chi connectivity index (χ3v) is 2.51. The molecule has 1 aromatic rings. The van der Waals surface area contributed by atoms with E-state index in [1.807, 2.05) is 0 Å². The molecule has 2 nitrogen and oxygen atoms in total. The molecule has 1 aliphatic carbocycles. The highest BCUT2D eigenvalue weighted by Crippen LogP contribution is 2.25. The summed E-state index contributed by atoms with van der Waals surface area (Å²) in [5.41, 5.74) is 0.246. The van der Waals surface area contributed by atoms with E-state index in [4.69, 9.17) is 0 Å². The summed E-state index contributed by atoms with van der Waals surface area (Å²) in [4.78, 5) is 0. The number of benzene rings is 1. The SMILES string of the molecule is OC1CCC1Nc1ccc(F)cc1F. The van der Waals surface area contributed by atoms with E-state index in [9.17, 15) is 13.9 Å². The maximum Gasteiger partial charge on any atom is 0.149 e. The lowest BCUT2D eigenvalue weighted by atomic mass is 9.89. The molecule has 76 valence electrons. The highest BCUT2D eigenvalue weighted by molar-refractivity contribution is 5.46. The van der Waals surface area contributed by atoms with Gasteiger partial charge in [0.05, 0.1) is 17.8 Å². The second-order valence-corrected chi connectivity index (χ2v) is 3.52. The van der Waals surface area contributed by atoms with Crippen LogP contribution in [0.15, 0.2) is 18.2 Å². The number of nitrogens with one attached hydrogen (secondary N) is 1. The molecule has 0 saturated heterocycles. The van der Waals surface area contributed by atoms with Gasteiger partial charge in [0.1, 0.15) is 11.6 Å². The fourth-order valence-electron chi connectivity index (χ4n) is 1.46. The van der Waals surface area contributed by atoms with E-state index in [0.29, 0.717) is 0 Å². The van der Waals surface area contributed by atoms with Crippen LogP contribution in [0.3, 0.4) is 0 Å². The number of hydrogen-bond donors (Lipinski definition) is 2. The molecule has 1 fully saturated rings. The van der Waals surface area contributed by atoms with Crippen molar-refractivity contribution in [2.75, 3.05) is 5.32 Å². The van der Waals surface area contributed by atoms with Gasteiger partial charge in [-0.05, 0) is 25.0 Å². The predicted molar refractivity (Wildman–Crippen MR) is 49.0 cm³/mol. The number of rotatable bonds is 2. The van der Waals surface area contributed by atoms with Gasteiger partial charge in [-0.1, -0.05) is 0 Å². The maximum atomic E-state index is 13.1. The lowest BCUT2D eigenvalue weighted by Crippen LogP contribution is -2.42. The second-order valence-electron chi connectivity index (χ2n) is 3.52. The number of halogens is 2. The molecule has 0 aromatic heterocycles. The topological polar surface area (TPSA) is 32.3 Å². The Morgan fingerprint density at radius 1 is 1.29 bits per heavy atom. The summed E-state index contributed by atoms with van der Waals surface area (Å²) in [6.45, 7) is 0. The van der Waals surface area contributed by atoms with Crippen molar-refractivity contribution in [3.05, 3.63) is 29.8 Å². The molecule has 2 N–H and O–H groups in total. The van der Waals surface area contributed by atoms with Gasteiger partial charge in [-0.15, -0.1) is 0 Å². The van der Waals surface area contributed by atoms with E-state index in [0.717, 1.165) is 18.9 Å². The first-order valence-electron chi connectivity index (χ1n) is 4.56. The van der Waals surface area contributed by atoms with Crippen molar-refractivity contribution >= 4 is 5.69 Å². The van der Waals surface area contributed by atoms with Crippen LogP contribution in [0.4, 0.5) is 14.5 Å². The summed E-state index contributed by atoms with van der Waals surface area (Å²) < 4.78 is 25.7. The first kappa shape index (κ1) is 9.40. The van der Waals surface area contributed by atoms with Crippen molar-refractivity contribution in [2.24, 2.45) is 0 Å². The van der Waals surface area contributed by atoms with Crippen LogP contribution in [0.2, 0.25) is 0 Å². The van der Waals surface area contributed by atoms with E-state index < -0.39 is 17.7 Å². The van der Waals surface area contributed by atoms with Crippen molar-refractivity contribution in [1.29, 1.82) is 0 Å². The monoisotopic (exact) mass is 199 g/mol. The van der Waals surface area contributed by atoms with Crippen molar-refractivity contribution in [3.63, 3.8) is 0 Å². The second kappa shape index (κ2) is 3.53. The number of aliphatic hydroxyl groups excluding tert-OH is 1. The van der Waals surface area contributed by atoms with E-state index in [2.05, 4.69) is 5.32 Å². The average molecular weight is 199 g/mol. The van der Waals surface area contributed by atoms with Crippen LogP contribution in [0, 0.1) is 11.6 Å². The highest BCUT2D eigenvalue weighted by atomic mass is 19.1. The first-order valence-corrected chi connectivity index (χ1v) is 4.56. The van der Waals surface area contributed by atoms with Gasteiger partial charge in [-0.2, -0.15) is 0 Å². The zero-order valence-corrected chi connectivity index (χ0v) is 7.50. The Bertz CT molecular complexity index is 343. The molecule has 0 spiro atoms. The third kappa shape index (κ3) is 1.70. The van der Waals surface area contributed by atoms with Gasteiger partial charge in [0.15, 0.2) is 0 Å². The van der Waals surface area contributed by atoms with Gasteiger partial charge in [0.2, 0.25) is 0 Å². The fraction of sp³-hybridized carbons (Fsp3) is 0.400. The van der Waals surface area contributed by atoms with E-state index in [1.54, 1.807) is 0 Å². The molecule has 0 amide bonds. The number of aliphatic hydroxyl groups is 1. The van der Waals surface area contributed by atoms with Gasteiger partial charge < -0.3 is 10.4 Å². The smallest absolute Gasteiger partial charge is 0.149 e. The maximum absolute atomic E-state index is 13.1. The van der Waals surface area contributed by atoms with Crippen molar-refractivity contribution in [1.82, 2.24) is 0 Å². The van der Waals surface area contributed by atoms with E-state index >= 15 is 0 Å². The summed E-state index contributed by atoms with van der Waals surface area (Å²) in [6.07, 6.45) is 1.14. The normalized spacial score (nSPS) is 25.6. The van der Waals surface area contributed by atoms with E-state index in [-0.39, 0.29) is 11.7 Å². The van der Waals surface area contributed by atoms with Crippen LogP contribution >= 0.6 is 0 Å². The summed E-state index contributed by atoms with van der Waals surface area (Å²) >= 11 is 0. The number of hydrogen-bond acceptors (Lipinski definition) is 2. The Kier molecular flexibility index (Phi) is 2.37. The Hall–Kier alpha value is -1.16. The average Bonchev–Trinajstić information content (AvgIpc) is 2.14. The Morgan fingerprint density at radius 3 is 2.57 bits per heavy atom. The predicted octanol–water partition coefficient (Wildman–Crippen LogP) is 1.90. The van der Waals surface area contributed by atoms with Crippen molar-refractivity contribution in [3.8, 4) is 0 Å². The molecule has 2 atom stereocenters. The minimum atomic E-state index is -0.621. The van der Waals surface area contributed by atoms with Crippen molar-refractivity contribution in [2.45, 2.75) is 25.0 Å². The van der Waals surface area contributed by atoms with Gasteiger partial charge >= 0.3 is 0 Å². The summed E-state index contributed by atoms with van der Waals surface area (Å²) in [5, 5.41) is 12.1. The minimum absolute atomic E-state index is 0.102. The van der Waals surface area contributed by atoms with Crippen LogP contribution in [-0.4, -0.2) is 17.3 Å². The van der Waals surface area contributed by atoms with Gasteiger partial charge in [-0.3, -0.25) is 0 Å². The van der Waals surface area contributed by atoms with Crippen LogP contribution in [0.1, 0.15) is 12.8 Å². The molecule has 4 heteroatoms. The van der Waals surface area contributed by atoms with Gasteiger partial charge in [0, 0.05) is 6.07 Å². The molecular weight excluding hydrogens is 188 g/mol. The Morgan fingerprint density at radius 2 is 2.07 bits per heavy atom. The molecule has 0 aliphatic heterocycles. The van der Waals surface area contributed by atoms with Crippen LogP contribution < -0.4 is 5.32 Å². The van der Waals surface area contributed by atoms with E-state index in [1.165, 1.54) is 12.1 Å². The van der Waals surface area contributed by atoms with Gasteiger partial charge in [0.25, 0.3) is 0 Å². The van der Waals surface area contributed by atoms with Crippen LogP contribution in [-0.2, 0) is 0 Å². The fourth-order valence-corrected chi connectivity index (χ4v) is 1.46.